The second-order valence-electron chi connectivity index (χ2n) is 5.92. The number of carboxylic acid groups (broad SMARTS) is 1. The topological polar surface area (TPSA) is 66.8 Å². The maximum Gasteiger partial charge on any atom is 0.410 e. The van der Waals surface area contributed by atoms with Crippen molar-refractivity contribution >= 4 is 12.1 Å². The number of carbonyl (C=O) groups excluding carboxylic acids is 1. The van der Waals surface area contributed by atoms with Gasteiger partial charge in [-0.05, 0) is 22.3 Å². The third kappa shape index (κ3) is 3.07. The van der Waals surface area contributed by atoms with Crippen molar-refractivity contribution in [2.24, 2.45) is 0 Å². The SMILES string of the molecule is CN(C(=O)OCC1c2ccccc2-c2ccccc21)C(CF)C(=O)O. The first kappa shape index (κ1) is 17.0. The Kier molecular flexibility index (Phi) is 4.70. The fourth-order valence-corrected chi connectivity index (χ4v) is 3.16. The fourth-order valence-electron chi connectivity index (χ4n) is 3.16. The fraction of sp³-hybridized carbons (Fsp3) is 0.263. The predicted octanol–water partition coefficient (Wildman–Crippen LogP) is 3.29. The lowest BCUT2D eigenvalue weighted by Crippen LogP contribution is -2.44. The lowest BCUT2D eigenvalue weighted by atomic mass is 9.98. The number of likely N-dealkylation sites (N-methyl/N-ethyl adjacent to an activating group) is 1. The summed E-state index contributed by atoms with van der Waals surface area (Å²) in [7, 11) is 1.22. The van der Waals surface area contributed by atoms with Crippen LogP contribution in [0.15, 0.2) is 48.5 Å². The van der Waals surface area contributed by atoms with Gasteiger partial charge in [-0.1, -0.05) is 48.5 Å². The highest BCUT2D eigenvalue weighted by Crippen LogP contribution is 2.44. The summed E-state index contributed by atoms with van der Waals surface area (Å²) in [5, 5.41) is 8.94. The summed E-state index contributed by atoms with van der Waals surface area (Å²) < 4.78 is 18.1. The quantitative estimate of drug-likeness (QED) is 0.905. The summed E-state index contributed by atoms with van der Waals surface area (Å²) in [5.74, 6) is -1.53. The Morgan fingerprint density at radius 3 is 2.12 bits per heavy atom. The second-order valence-corrected chi connectivity index (χ2v) is 5.92. The second kappa shape index (κ2) is 6.93. The number of rotatable bonds is 5. The molecule has 0 bridgehead atoms. The average Bonchev–Trinajstić information content (AvgIpc) is 2.94. The first-order chi connectivity index (χ1) is 12.0. The van der Waals surface area contributed by atoms with Crippen LogP contribution >= 0.6 is 0 Å². The molecule has 0 radical (unpaired) electrons. The van der Waals surface area contributed by atoms with Gasteiger partial charge in [-0.25, -0.2) is 14.0 Å². The molecule has 6 heteroatoms. The molecule has 0 aromatic heterocycles. The molecule has 1 aliphatic rings. The summed E-state index contributed by atoms with van der Waals surface area (Å²) in [6, 6.07) is 14.2. The van der Waals surface area contributed by atoms with Crippen LogP contribution in [0, 0.1) is 0 Å². The smallest absolute Gasteiger partial charge is 0.410 e. The zero-order chi connectivity index (χ0) is 18.0. The van der Waals surface area contributed by atoms with E-state index in [1.165, 1.54) is 7.05 Å². The molecule has 0 heterocycles. The number of halogens is 1. The third-order valence-electron chi connectivity index (χ3n) is 4.52. The van der Waals surface area contributed by atoms with E-state index in [0.717, 1.165) is 27.2 Å². The van der Waals surface area contributed by atoms with Gasteiger partial charge in [0.25, 0.3) is 0 Å². The number of fused-ring (bicyclic) bond motifs is 3. The van der Waals surface area contributed by atoms with Gasteiger partial charge in [0.05, 0.1) is 0 Å². The highest BCUT2D eigenvalue weighted by Gasteiger charge is 2.31. The van der Waals surface area contributed by atoms with E-state index in [0.29, 0.717) is 0 Å². The van der Waals surface area contributed by atoms with Crippen molar-refractivity contribution in [2.45, 2.75) is 12.0 Å². The van der Waals surface area contributed by atoms with Gasteiger partial charge in [0.2, 0.25) is 0 Å². The first-order valence-electron chi connectivity index (χ1n) is 7.91. The van der Waals surface area contributed by atoms with Crippen molar-refractivity contribution in [3.05, 3.63) is 59.7 Å². The zero-order valence-corrected chi connectivity index (χ0v) is 13.7. The summed E-state index contributed by atoms with van der Waals surface area (Å²) in [6.45, 7) is -1.11. The number of carbonyl (C=O) groups is 2. The average molecular weight is 343 g/mol. The van der Waals surface area contributed by atoms with Crippen LogP contribution in [-0.2, 0) is 9.53 Å². The molecular weight excluding hydrogens is 325 g/mol. The lowest BCUT2D eigenvalue weighted by Gasteiger charge is -2.23. The van der Waals surface area contributed by atoms with Crippen LogP contribution < -0.4 is 0 Å². The van der Waals surface area contributed by atoms with Crippen molar-refractivity contribution in [2.75, 3.05) is 20.3 Å². The van der Waals surface area contributed by atoms with Crippen molar-refractivity contribution < 1.29 is 23.8 Å². The van der Waals surface area contributed by atoms with E-state index >= 15 is 0 Å². The molecule has 1 amide bonds. The standard InChI is InChI=1S/C19H18FNO4/c1-21(17(10-20)18(22)23)19(24)25-11-16-14-8-4-2-6-12(14)13-7-3-5-9-15(13)16/h2-9,16-17H,10-11H2,1H3,(H,22,23). The number of hydrogen-bond acceptors (Lipinski definition) is 3. The summed E-state index contributed by atoms with van der Waals surface area (Å²) in [4.78, 5) is 23.8. The van der Waals surface area contributed by atoms with Crippen molar-refractivity contribution in [3.8, 4) is 11.1 Å². The first-order valence-corrected chi connectivity index (χ1v) is 7.91. The van der Waals surface area contributed by atoms with E-state index in [2.05, 4.69) is 0 Å². The van der Waals surface area contributed by atoms with Gasteiger partial charge in [0.15, 0.2) is 6.04 Å². The largest absolute Gasteiger partial charge is 0.480 e. The van der Waals surface area contributed by atoms with Gasteiger partial charge in [0.1, 0.15) is 13.3 Å². The Hall–Kier alpha value is -2.89. The molecule has 1 atom stereocenters. The van der Waals surface area contributed by atoms with E-state index in [9.17, 15) is 14.0 Å². The molecule has 1 N–H and O–H groups in total. The Morgan fingerprint density at radius 1 is 1.12 bits per heavy atom. The van der Waals surface area contributed by atoms with Gasteiger partial charge >= 0.3 is 12.1 Å². The van der Waals surface area contributed by atoms with Gasteiger partial charge in [-0.15, -0.1) is 0 Å². The molecule has 0 saturated heterocycles. The Bertz CT molecular complexity index is 762. The molecule has 1 aliphatic carbocycles. The number of alkyl halides is 1. The minimum absolute atomic E-state index is 0.0653. The van der Waals surface area contributed by atoms with E-state index in [4.69, 9.17) is 9.84 Å². The van der Waals surface area contributed by atoms with Crippen molar-refractivity contribution in [3.63, 3.8) is 0 Å². The molecule has 1 unspecified atom stereocenters. The van der Waals surface area contributed by atoms with Crippen LogP contribution in [0.25, 0.3) is 11.1 Å². The number of aliphatic carboxylic acids is 1. The van der Waals surface area contributed by atoms with E-state index in [-0.39, 0.29) is 12.5 Å². The molecule has 0 saturated carbocycles. The van der Waals surface area contributed by atoms with Crippen LogP contribution in [0.4, 0.5) is 9.18 Å². The third-order valence-corrected chi connectivity index (χ3v) is 4.52. The molecular formula is C19H18FNO4. The molecule has 0 spiro atoms. The molecule has 5 nitrogen and oxygen atoms in total. The summed E-state index contributed by atoms with van der Waals surface area (Å²) in [5.41, 5.74) is 4.30. The van der Waals surface area contributed by atoms with Gasteiger partial charge in [0, 0.05) is 13.0 Å². The number of ether oxygens (including phenoxy) is 1. The maximum absolute atomic E-state index is 12.8. The molecule has 2 aromatic carbocycles. The predicted molar refractivity (Wildman–Crippen MR) is 90.2 cm³/mol. The van der Waals surface area contributed by atoms with Crippen molar-refractivity contribution in [1.29, 1.82) is 0 Å². The molecule has 3 rings (SSSR count). The Morgan fingerprint density at radius 2 is 1.64 bits per heavy atom. The number of amides is 1. The highest BCUT2D eigenvalue weighted by molar-refractivity contribution is 5.81. The van der Waals surface area contributed by atoms with Crippen LogP contribution in [0.1, 0.15) is 17.0 Å². The molecule has 0 fully saturated rings. The number of benzene rings is 2. The number of nitrogens with zero attached hydrogens (tertiary/aromatic N) is 1. The Balaban J connectivity index is 1.78. The molecule has 130 valence electrons. The summed E-state index contributed by atoms with van der Waals surface area (Å²) >= 11 is 0. The molecule has 0 aliphatic heterocycles. The highest BCUT2D eigenvalue weighted by atomic mass is 19.1. The van der Waals surface area contributed by atoms with Gasteiger partial charge in [-0.3, -0.25) is 4.90 Å². The zero-order valence-electron chi connectivity index (χ0n) is 13.7. The van der Waals surface area contributed by atoms with Gasteiger partial charge in [-0.2, -0.15) is 0 Å². The number of carboxylic acids is 1. The molecule has 25 heavy (non-hydrogen) atoms. The Labute approximate surface area is 144 Å². The molecule has 2 aromatic rings. The number of hydrogen-bond donors (Lipinski definition) is 1. The minimum atomic E-state index is -1.55. The minimum Gasteiger partial charge on any atom is -0.480 e. The van der Waals surface area contributed by atoms with E-state index in [1.54, 1.807) is 0 Å². The normalized spacial score (nSPS) is 13.7. The van der Waals surface area contributed by atoms with Crippen molar-refractivity contribution in [1.82, 2.24) is 4.90 Å². The van der Waals surface area contributed by atoms with E-state index in [1.807, 2.05) is 48.5 Å². The van der Waals surface area contributed by atoms with Crippen LogP contribution in [-0.4, -0.2) is 48.4 Å². The monoisotopic (exact) mass is 343 g/mol. The van der Waals surface area contributed by atoms with E-state index < -0.39 is 24.8 Å². The van der Waals surface area contributed by atoms with Crippen LogP contribution in [0.2, 0.25) is 0 Å². The van der Waals surface area contributed by atoms with Gasteiger partial charge < -0.3 is 9.84 Å². The summed E-state index contributed by atoms with van der Waals surface area (Å²) in [6.07, 6.45) is -0.855. The lowest BCUT2D eigenvalue weighted by molar-refractivity contribution is -0.142. The van der Waals surface area contributed by atoms with Crippen LogP contribution in [0.5, 0.6) is 0 Å². The van der Waals surface area contributed by atoms with Crippen LogP contribution in [0.3, 0.4) is 0 Å². The maximum atomic E-state index is 12.8.